The fraction of sp³-hybridized carbons (Fsp3) is 0.346. The molecule has 0 saturated carbocycles. The van der Waals surface area contributed by atoms with Crippen molar-refractivity contribution in [2.75, 3.05) is 11.9 Å². The van der Waals surface area contributed by atoms with E-state index in [9.17, 15) is 23.1 Å². The van der Waals surface area contributed by atoms with Gasteiger partial charge in [-0.1, -0.05) is 32.9 Å². The van der Waals surface area contributed by atoms with Crippen LogP contribution in [0.1, 0.15) is 54.4 Å². The Kier molecular flexibility index (Phi) is 8.39. The minimum Gasteiger partial charge on any atom is -0.476 e. The fourth-order valence-corrected chi connectivity index (χ4v) is 4.80. The third-order valence-electron chi connectivity index (χ3n) is 5.85. The molecule has 2 aromatic carbocycles. The molecule has 0 unspecified atom stereocenters. The number of amides is 1. The van der Waals surface area contributed by atoms with Crippen LogP contribution in [-0.2, 0) is 14.8 Å². The maximum Gasteiger partial charge on any atom is 0.356 e. The number of aromatic nitrogens is 2. The monoisotopic (exact) mass is 528 g/mol. The first kappa shape index (κ1) is 27.9. The summed E-state index contributed by atoms with van der Waals surface area (Å²) in [6, 6.07) is 9.78. The van der Waals surface area contributed by atoms with E-state index in [1.807, 2.05) is 32.9 Å². The van der Waals surface area contributed by atoms with Crippen LogP contribution >= 0.6 is 0 Å². The van der Waals surface area contributed by atoms with E-state index in [0.29, 0.717) is 12.1 Å². The lowest BCUT2D eigenvalue weighted by molar-refractivity contribution is -0.118. The number of aryl methyl sites for hydroxylation is 1. The van der Waals surface area contributed by atoms with Gasteiger partial charge in [0.25, 0.3) is 0 Å². The summed E-state index contributed by atoms with van der Waals surface area (Å²) < 4.78 is 36.4. The lowest BCUT2D eigenvalue weighted by Crippen LogP contribution is -2.25. The van der Waals surface area contributed by atoms with E-state index in [-0.39, 0.29) is 51.8 Å². The van der Waals surface area contributed by atoms with Crippen molar-refractivity contribution in [3.05, 3.63) is 58.8 Å². The fourth-order valence-electron chi connectivity index (χ4n) is 3.52. The van der Waals surface area contributed by atoms with Crippen molar-refractivity contribution in [3.63, 3.8) is 0 Å². The highest BCUT2D eigenvalue weighted by atomic mass is 32.2. The Morgan fingerprint density at radius 1 is 1.11 bits per heavy atom. The molecule has 37 heavy (non-hydrogen) atoms. The summed E-state index contributed by atoms with van der Waals surface area (Å²) in [6.07, 6.45) is 0.569. The first-order valence-corrected chi connectivity index (χ1v) is 13.4. The van der Waals surface area contributed by atoms with Gasteiger partial charge in [0.05, 0.1) is 5.69 Å². The second kappa shape index (κ2) is 11.1. The van der Waals surface area contributed by atoms with E-state index in [4.69, 9.17) is 4.74 Å². The predicted octanol–water partition coefficient (Wildman–Crippen LogP) is 4.57. The summed E-state index contributed by atoms with van der Waals surface area (Å²) in [5.74, 6) is -1.79. The standard InChI is InChI=1S/C26H32N4O6S/c1-7-13-27-37(34,35)22-14-19(28-24(31)15(2)3)11-12-21(22)36-25-18(6)23(26(32)33)29-30(25)20-10-8-9-16(4)17(20)5/h8-12,14-15,27H,7,13H2,1-6H3,(H,28,31)(H,32,33). The highest BCUT2D eigenvalue weighted by Crippen LogP contribution is 2.36. The van der Waals surface area contributed by atoms with Crippen LogP contribution in [0.15, 0.2) is 41.3 Å². The van der Waals surface area contributed by atoms with Gasteiger partial charge in [-0.25, -0.2) is 17.9 Å². The summed E-state index contributed by atoms with van der Waals surface area (Å²) in [7, 11) is -4.04. The lowest BCUT2D eigenvalue weighted by Gasteiger charge is -2.17. The molecule has 0 fully saturated rings. The minimum atomic E-state index is -4.04. The Morgan fingerprint density at radius 2 is 1.81 bits per heavy atom. The first-order chi connectivity index (χ1) is 17.4. The molecule has 1 aromatic heterocycles. The highest BCUT2D eigenvalue weighted by Gasteiger charge is 2.27. The van der Waals surface area contributed by atoms with E-state index in [1.54, 1.807) is 26.8 Å². The molecule has 0 aliphatic rings. The Hall–Kier alpha value is -3.70. The molecule has 10 nitrogen and oxygen atoms in total. The number of carbonyl (C=O) groups excluding carboxylic acids is 1. The smallest absolute Gasteiger partial charge is 0.356 e. The number of hydrogen-bond acceptors (Lipinski definition) is 6. The Morgan fingerprint density at radius 3 is 2.43 bits per heavy atom. The predicted molar refractivity (Wildman–Crippen MR) is 140 cm³/mol. The largest absolute Gasteiger partial charge is 0.476 e. The van der Waals surface area contributed by atoms with Crippen molar-refractivity contribution in [2.24, 2.45) is 5.92 Å². The van der Waals surface area contributed by atoms with Gasteiger partial charge in [0.1, 0.15) is 10.6 Å². The molecule has 3 N–H and O–H groups in total. The van der Waals surface area contributed by atoms with Crippen LogP contribution in [0.4, 0.5) is 5.69 Å². The molecular formula is C26H32N4O6S. The third kappa shape index (κ3) is 6.00. The van der Waals surface area contributed by atoms with Gasteiger partial charge in [-0.05, 0) is 62.6 Å². The highest BCUT2D eigenvalue weighted by molar-refractivity contribution is 7.89. The number of carboxylic acids is 1. The summed E-state index contributed by atoms with van der Waals surface area (Å²) >= 11 is 0. The zero-order valence-corrected chi connectivity index (χ0v) is 22.6. The molecule has 0 radical (unpaired) electrons. The van der Waals surface area contributed by atoms with Gasteiger partial charge in [0.15, 0.2) is 5.69 Å². The SMILES string of the molecule is CCCNS(=O)(=O)c1cc(NC(=O)C(C)C)ccc1Oc1c(C)c(C(=O)O)nn1-c1cccc(C)c1C. The van der Waals surface area contributed by atoms with E-state index >= 15 is 0 Å². The number of sulfonamides is 1. The number of rotatable bonds is 10. The topological polar surface area (TPSA) is 140 Å². The van der Waals surface area contributed by atoms with Gasteiger partial charge in [0.2, 0.25) is 21.8 Å². The summed E-state index contributed by atoms with van der Waals surface area (Å²) in [5, 5.41) is 16.7. The normalized spacial score (nSPS) is 11.5. The number of nitrogens with zero attached hydrogens (tertiary/aromatic N) is 2. The van der Waals surface area contributed by atoms with E-state index in [1.165, 1.54) is 22.9 Å². The summed E-state index contributed by atoms with van der Waals surface area (Å²) in [6.45, 7) is 10.8. The molecule has 3 rings (SSSR count). The number of benzene rings is 2. The average molecular weight is 529 g/mol. The molecule has 1 amide bonds. The Bertz CT molecular complexity index is 1440. The summed E-state index contributed by atoms with van der Waals surface area (Å²) in [5.41, 5.74) is 2.72. The van der Waals surface area contributed by atoms with Crippen molar-refractivity contribution in [1.29, 1.82) is 0 Å². The second-order valence-corrected chi connectivity index (χ2v) is 10.8. The second-order valence-electron chi connectivity index (χ2n) is 9.02. The van der Waals surface area contributed by atoms with Gasteiger partial charge in [-0.3, -0.25) is 4.79 Å². The molecule has 0 aliphatic heterocycles. The van der Waals surface area contributed by atoms with Crippen molar-refractivity contribution in [2.45, 2.75) is 52.9 Å². The average Bonchev–Trinajstić information content (AvgIpc) is 3.16. The van der Waals surface area contributed by atoms with Crippen LogP contribution in [0.2, 0.25) is 0 Å². The molecule has 198 valence electrons. The Labute approximate surface area is 216 Å². The number of aromatic carboxylic acids is 1. The van der Waals surface area contributed by atoms with Gasteiger partial charge in [-0.15, -0.1) is 0 Å². The van der Waals surface area contributed by atoms with Gasteiger partial charge >= 0.3 is 5.97 Å². The molecule has 1 heterocycles. The molecule has 0 bridgehead atoms. The number of hydrogen-bond donors (Lipinski definition) is 3. The number of anilines is 1. The van der Waals surface area contributed by atoms with Crippen LogP contribution < -0.4 is 14.8 Å². The van der Waals surface area contributed by atoms with E-state index in [0.717, 1.165) is 11.1 Å². The molecule has 11 heteroatoms. The van der Waals surface area contributed by atoms with Crippen LogP contribution in [0.25, 0.3) is 5.69 Å². The minimum absolute atomic E-state index is 0.0438. The van der Waals surface area contributed by atoms with Gasteiger partial charge in [0, 0.05) is 23.7 Å². The molecule has 0 atom stereocenters. The number of ether oxygens (including phenoxy) is 1. The van der Waals surface area contributed by atoms with Crippen molar-refractivity contribution < 1.29 is 27.9 Å². The lowest BCUT2D eigenvalue weighted by atomic mass is 10.1. The maximum absolute atomic E-state index is 13.2. The Balaban J connectivity index is 2.20. The zero-order valence-electron chi connectivity index (χ0n) is 21.7. The molecular weight excluding hydrogens is 496 g/mol. The molecule has 0 spiro atoms. The molecule has 0 saturated heterocycles. The van der Waals surface area contributed by atoms with Crippen LogP contribution in [0.3, 0.4) is 0 Å². The van der Waals surface area contributed by atoms with Gasteiger partial charge in [-0.2, -0.15) is 9.78 Å². The van der Waals surface area contributed by atoms with Crippen molar-refractivity contribution in [3.8, 4) is 17.3 Å². The molecule has 0 aliphatic carbocycles. The van der Waals surface area contributed by atoms with E-state index < -0.39 is 16.0 Å². The van der Waals surface area contributed by atoms with Crippen molar-refractivity contribution >= 4 is 27.6 Å². The zero-order chi connectivity index (χ0) is 27.5. The number of carbonyl (C=O) groups is 2. The summed E-state index contributed by atoms with van der Waals surface area (Å²) in [4.78, 5) is 23.9. The maximum atomic E-state index is 13.2. The van der Waals surface area contributed by atoms with Crippen LogP contribution in [0, 0.1) is 26.7 Å². The number of carboxylic acid groups (broad SMARTS) is 1. The van der Waals surface area contributed by atoms with Crippen LogP contribution in [-0.4, -0.2) is 41.7 Å². The first-order valence-electron chi connectivity index (χ1n) is 11.9. The third-order valence-corrected chi connectivity index (χ3v) is 7.33. The van der Waals surface area contributed by atoms with E-state index in [2.05, 4.69) is 15.1 Å². The quantitative estimate of drug-likeness (QED) is 0.350. The van der Waals surface area contributed by atoms with Crippen molar-refractivity contribution in [1.82, 2.24) is 14.5 Å². The van der Waals surface area contributed by atoms with Crippen LogP contribution in [0.5, 0.6) is 11.6 Å². The molecule has 3 aromatic rings. The van der Waals surface area contributed by atoms with Gasteiger partial charge < -0.3 is 15.2 Å². The number of nitrogens with one attached hydrogen (secondary N) is 2.